The molecule has 0 saturated carbocycles. The maximum absolute atomic E-state index is 9.95. The number of nitrogen functional groups attached to an aromatic ring is 1. The van der Waals surface area contributed by atoms with Crippen molar-refractivity contribution in [3.8, 4) is 0 Å². The summed E-state index contributed by atoms with van der Waals surface area (Å²) in [4.78, 5) is 11.9. The third-order valence-corrected chi connectivity index (χ3v) is 3.18. The van der Waals surface area contributed by atoms with Gasteiger partial charge in [-0.05, 0) is 0 Å². The van der Waals surface area contributed by atoms with E-state index in [1.165, 1.54) is 17.2 Å². The van der Waals surface area contributed by atoms with E-state index in [0.29, 0.717) is 11.2 Å². The van der Waals surface area contributed by atoms with Gasteiger partial charge < -0.3 is 25.8 Å². The van der Waals surface area contributed by atoms with Crippen LogP contribution >= 0.6 is 0 Å². The average Bonchev–Trinajstić information content (AvgIpc) is 3.02. The molecule has 4 atom stereocenters. The molecule has 12 nitrogen and oxygen atoms in total. The van der Waals surface area contributed by atoms with E-state index in [0.717, 1.165) is 0 Å². The van der Waals surface area contributed by atoms with Crippen molar-refractivity contribution in [2.24, 2.45) is 0 Å². The Balaban J connectivity index is 0.000000433. The molecule has 0 amide bonds. The van der Waals surface area contributed by atoms with Gasteiger partial charge in [0.05, 0.1) is 12.9 Å². The monoisotopic (exact) mass is 501 g/mol. The van der Waals surface area contributed by atoms with Crippen LogP contribution in [0.5, 0.6) is 0 Å². The Kier molecular flexibility index (Phi) is 5.81. The summed E-state index contributed by atoms with van der Waals surface area (Å²) >= 11 is -3.78. The second kappa shape index (κ2) is 7.45. The summed E-state index contributed by atoms with van der Waals surface area (Å²) in [6.07, 6.45) is -1.42. The van der Waals surface area contributed by atoms with Crippen LogP contribution in [0.2, 0.25) is 0 Å². The normalized spacial score (nSPS) is 27.2. The van der Waals surface area contributed by atoms with Crippen LogP contribution in [0.1, 0.15) is 6.23 Å². The number of aromatic nitrogens is 4. The number of nitrogens with zero attached hydrogens (tertiary/aromatic N) is 4. The Morgan fingerprint density at radius 2 is 1.91 bits per heavy atom. The summed E-state index contributed by atoms with van der Waals surface area (Å²) in [5.41, 5.74) is 6.44. The van der Waals surface area contributed by atoms with Gasteiger partial charge in [0, 0.05) is 0 Å². The van der Waals surface area contributed by atoms with E-state index in [9.17, 15) is 10.2 Å². The quantitative estimate of drug-likeness (QED) is 0.242. The van der Waals surface area contributed by atoms with Gasteiger partial charge in [-0.25, -0.2) is 15.0 Å². The molecule has 0 radical (unpaired) electrons. The van der Waals surface area contributed by atoms with Crippen molar-refractivity contribution in [3.63, 3.8) is 0 Å². The summed E-state index contributed by atoms with van der Waals surface area (Å²) < 4.78 is 30.2. The van der Waals surface area contributed by atoms with Gasteiger partial charge in [0.2, 0.25) is 0 Å². The molecule has 23 heavy (non-hydrogen) atoms. The van der Waals surface area contributed by atoms with Crippen LogP contribution in [0.15, 0.2) is 12.7 Å². The number of aliphatic hydroxyl groups excluding tert-OH is 3. The fourth-order valence-electron chi connectivity index (χ4n) is 2.17. The number of imidazole rings is 1. The van der Waals surface area contributed by atoms with Crippen LogP contribution in [0.25, 0.3) is 11.2 Å². The van der Waals surface area contributed by atoms with Gasteiger partial charge in [-0.3, -0.25) is 4.57 Å². The predicted octanol–water partition coefficient (Wildman–Crippen LogP) is -3.22. The summed E-state index contributed by atoms with van der Waals surface area (Å²) in [6, 6.07) is 0. The molecule has 2 aromatic heterocycles. The van der Waals surface area contributed by atoms with Crippen LogP contribution in [-0.4, -0.2) is 67.3 Å². The molecule has 2 aromatic rings. The molecular weight excluding hydrogens is 486 g/mol. The van der Waals surface area contributed by atoms with Crippen molar-refractivity contribution in [1.82, 2.24) is 19.5 Å². The minimum atomic E-state index is -3.78. The first kappa shape index (κ1) is 17.9. The van der Waals surface area contributed by atoms with Crippen LogP contribution in [0, 0.1) is 0 Å². The Bertz CT molecular complexity index is 693. The van der Waals surface area contributed by atoms with Crippen molar-refractivity contribution in [2.45, 2.75) is 24.5 Å². The van der Waals surface area contributed by atoms with Gasteiger partial charge in [0.1, 0.15) is 30.2 Å². The third-order valence-electron chi connectivity index (χ3n) is 3.18. The summed E-state index contributed by atoms with van der Waals surface area (Å²) in [7, 11) is 0. The van der Waals surface area contributed by atoms with E-state index >= 15 is 0 Å². The van der Waals surface area contributed by atoms with Crippen molar-refractivity contribution in [3.05, 3.63) is 12.7 Å². The Hall–Kier alpha value is -1.40. The number of aliphatic hydroxyl groups is 3. The van der Waals surface area contributed by atoms with E-state index in [1.807, 2.05) is 0 Å². The van der Waals surface area contributed by atoms with Gasteiger partial charge in [-0.2, -0.15) is 0 Å². The van der Waals surface area contributed by atoms with E-state index < -0.39 is 49.2 Å². The zero-order valence-corrected chi connectivity index (χ0v) is 14.4. The molecule has 3 rings (SSSR count). The molecule has 0 bridgehead atoms. The molecular formula is C10H15N5O7W. The number of rotatable bonds is 2. The number of fused-ring (bicyclic) bond motifs is 1. The Labute approximate surface area is 135 Å². The SMILES string of the molecule is Nc1ncnc2c1ncn2C1OC(CO)C(O)C1O.[O]=[W]([OH])[OH]. The third kappa shape index (κ3) is 3.75. The van der Waals surface area contributed by atoms with Crippen LogP contribution in [-0.2, 0) is 26.2 Å². The molecule has 1 saturated heterocycles. The standard InChI is InChI=1S/C10H13N5O4.2H2O.O.W/c11-8-5-9(13-2-12-8)15(3-14-5)10-7(18)6(17)4(1-16)19-10;;;;/h2-4,6-7,10,16-18H,1H2,(H2,11,12,13);2*1H2;;/q;;;;+2/p-2. The minimum absolute atomic E-state index is 0.218. The van der Waals surface area contributed by atoms with E-state index in [1.54, 1.807) is 0 Å². The molecule has 0 aromatic carbocycles. The summed E-state index contributed by atoms with van der Waals surface area (Å²) in [5, 5.41) is 28.7. The Morgan fingerprint density at radius 1 is 1.26 bits per heavy atom. The fourth-order valence-corrected chi connectivity index (χ4v) is 2.17. The molecule has 4 unspecified atom stereocenters. The summed E-state index contributed by atoms with van der Waals surface area (Å²) in [5.74, 6) is 0.218. The number of anilines is 1. The second-order valence-corrected chi connectivity index (χ2v) is 6.20. The molecule has 13 heteroatoms. The number of hydrogen-bond donors (Lipinski definition) is 6. The van der Waals surface area contributed by atoms with Gasteiger partial charge >= 0.3 is 29.0 Å². The fraction of sp³-hybridized carbons (Fsp3) is 0.500. The van der Waals surface area contributed by atoms with Crippen molar-refractivity contribution in [1.29, 1.82) is 0 Å². The number of nitrogens with two attached hydrogens (primary N) is 1. The second-order valence-electron chi connectivity index (χ2n) is 4.54. The van der Waals surface area contributed by atoms with Gasteiger partial charge in [0.15, 0.2) is 17.7 Å². The van der Waals surface area contributed by atoms with E-state index in [4.69, 9.17) is 26.5 Å². The van der Waals surface area contributed by atoms with Crippen LogP contribution < -0.4 is 5.73 Å². The zero-order valence-electron chi connectivity index (χ0n) is 11.5. The molecule has 1 aliphatic rings. The van der Waals surface area contributed by atoms with Crippen molar-refractivity contribution < 1.29 is 49.0 Å². The molecule has 1 aliphatic heterocycles. The van der Waals surface area contributed by atoms with Crippen molar-refractivity contribution >= 4 is 17.0 Å². The van der Waals surface area contributed by atoms with Crippen LogP contribution in [0.4, 0.5) is 5.82 Å². The Morgan fingerprint density at radius 3 is 2.48 bits per heavy atom. The molecule has 0 aliphatic carbocycles. The molecule has 128 valence electrons. The first-order valence-corrected chi connectivity index (χ1v) is 10.0. The van der Waals surface area contributed by atoms with Crippen LogP contribution in [0.3, 0.4) is 0 Å². The van der Waals surface area contributed by atoms with Crippen molar-refractivity contribution in [2.75, 3.05) is 12.3 Å². The molecule has 0 spiro atoms. The average molecular weight is 501 g/mol. The van der Waals surface area contributed by atoms with Gasteiger partial charge in [0.25, 0.3) is 0 Å². The molecule has 7 N–H and O–H groups in total. The molecule has 1 fully saturated rings. The maximum atomic E-state index is 9.95. The number of ether oxygens (including phenoxy) is 1. The first-order valence-electron chi connectivity index (χ1n) is 6.22. The predicted molar refractivity (Wildman–Crippen MR) is 67.9 cm³/mol. The van der Waals surface area contributed by atoms with E-state index in [2.05, 4.69) is 15.0 Å². The zero-order chi connectivity index (χ0) is 17.1. The van der Waals surface area contributed by atoms with Gasteiger partial charge in [-0.15, -0.1) is 0 Å². The van der Waals surface area contributed by atoms with E-state index in [-0.39, 0.29) is 5.82 Å². The number of hydrogen-bond acceptors (Lipinski definition) is 9. The summed E-state index contributed by atoms with van der Waals surface area (Å²) in [6.45, 7) is -0.390. The van der Waals surface area contributed by atoms with Gasteiger partial charge in [-0.1, -0.05) is 0 Å². The topological polar surface area (TPSA) is 197 Å². The molecule has 3 heterocycles. The first-order chi connectivity index (χ1) is 10.9.